The zero-order valence-electron chi connectivity index (χ0n) is 20.4. The third-order valence-corrected chi connectivity index (χ3v) is 5.84. The molecule has 1 aliphatic heterocycles. The molecule has 0 radical (unpaired) electrons. The van der Waals surface area contributed by atoms with E-state index in [2.05, 4.69) is 5.32 Å². The van der Waals surface area contributed by atoms with E-state index in [1.807, 2.05) is 74.5 Å². The minimum atomic E-state index is -0.909. The summed E-state index contributed by atoms with van der Waals surface area (Å²) in [6, 6.07) is 16.7. The number of hydrogen-bond donors (Lipinski definition) is 1. The van der Waals surface area contributed by atoms with Gasteiger partial charge in [0.05, 0.1) is 12.8 Å². The van der Waals surface area contributed by atoms with Crippen LogP contribution >= 0.6 is 0 Å². The lowest BCUT2D eigenvalue weighted by Gasteiger charge is -2.40. The summed E-state index contributed by atoms with van der Waals surface area (Å²) in [5, 5.41) is 2.72. The Morgan fingerprint density at radius 2 is 1.60 bits per heavy atom. The number of nitrogens with one attached hydrogen (secondary N) is 1. The SMILES string of the molecule is COC(=O)[C@H](Cc1ccccc1)NC(=O)CN1C(=O)C(C(C)C)N(C(C)=O)C=C1c1ccccc1. The van der Waals surface area contributed by atoms with E-state index >= 15 is 0 Å². The van der Waals surface area contributed by atoms with Gasteiger partial charge in [-0.15, -0.1) is 0 Å². The number of benzene rings is 2. The highest BCUT2D eigenvalue weighted by molar-refractivity contribution is 5.99. The number of carbonyl (C=O) groups excluding carboxylic acids is 4. The first-order valence-electron chi connectivity index (χ1n) is 11.5. The van der Waals surface area contributed by atoms with E-state index in [4.69, 9.17) is 4.74 Å². The third kappa shape index (κ3) is 6.15. The van der Waals surface area contributed by atoms with E-state index in [0.717, 1.165) is 5.56 Å². The van der Waals surface area contributed by atoms with Crippen molar-refractivity contribution in [2.24, 2.45) is 5.92 Å². The van der Waals surface area contributed by atoms with E-state index in [0.29, 0.717) is 11.3 Å². The van der Waals surface area contributed by atoms with Crippen LogP contribution in [-0.4, -0.2) is 59.2 Å². The van der Waals surface area contributed by atoms with Gasteiger partial charge in [0.25, 0.3) is 5.91 Å². The molecule has 2 aromatic rings. The molecule has 184 valence electrons. The highest BCUT2D eigenvalue weighted by atomic mass is 16.5. The average Bonchev–Trinajstić information content (AvgIpc) is 2.84. The Kier molecular flexibility index (Phi) is 8.41. The van der Waals surface area contributed by atoms with Crippen molar-refractivity contribution >= 4 is 29.4 Å². The number of rotatable bonds is 8. The lowest BCUT2D eigenvalue weighted by molar-refractivity contribution is -0.146. The van der Waals surface area contributed by atoms with Gasteiger partial charge in [-0.1, -0.05) is 74.5 Å². The first kappa shape index (κ1) is 25.7. The summed E-state index contributed by atoms with van der Waals surface area (Å²) in [5.74, 6) is -1.88. The average molecular weight is 478 g/mol. The van der Waals surface area contributed by atoms with Crippen LogP contribution in [0.5, 0.6) is 0 Å². The molecule has 0 spiro atoms. The van der Waals surface area contributed by atoms with Crippen molar-refractivity contribution < 1.29 is 23.9 Å². The van der Waals surface area contributed by atoms with E-state index in [1.165, 1.54) is 23.8 Å². The second-order valence-corrected chi connectivity index (χ2v) is 8.75. The third-order valence-electron chi connectivity index (χ3n) is 5.84. The van der Waals surface area contributed by atoms with Crippen molar-refractivity contribution in [1.82, 2.24) is 15.1 Å². The van der Waals surface area contributed by atoms with Gasteiger partial charge >= 0.3 is 5.97 Å². The molecule has 3 amide bonds. The number of methoxy groups -OCH3 is 1. The molecular formula is C27H31N3O5. The lowest BCUT2D eigenvalue weighted by atomic mass is 9.97. The predicted molar refractivity (Wildman–Crippen MR) is 131 cm³/mol. The van der Waals surface area contributed by atoms with Gasteiger partial charge < -0.3 is 15.0 Å². The molecule has 0 saturated heterocycles. The normalized spacial score (nSPS) is 16.5. The largest absolute Gasteiger partial charge is 0.467 e. The van der Waals surface area contributed by atoms with Gasteiger partial charge in [-0.25, -0.2) is 4.79 Å². The van der Waals surface area contributed by atoms with Gasteiger partial charge in [-0.2, -0.15) is 0 Å². The Hall–Kier alpha value is -3.94. The summed E-state index contributed by atoms with van der Waals surface area (Å²) in [7, 11) is 1.26. The number of carbonyl (C=O) groups is 4. The molecule has 1 N–H and O–H groups in total. The second-order valence-electron chi connectivity index (χ2n) is 8.75. The van der Waals surface area contributed by atoms with Crippen molar-refractivity contribution in [3.05, 3.63) is 78.0 Å². The molecule has 0 bridgehead atoms. The molecule has 1 aliphatic rings. The maximum absolute atomic E-state index is 13.6. The van der Waals surface area contributed by atoms with Gasteiger partial charge in [0.2, 0.25) is 11.8 Å². The van der Waals surface area contributed by atoms with Crippen LogP contribution < -0.4 is 5.32 Å². The van der Waals surface area contributed by atoms with Gasteiger partial charge in [0.15, 0.2) is 0 Å². The smallest absolute Gasteiger partial charge is 0.328 e. The first-order chi connectivity index (χ1) is 16.7. The van der Waals surface area contributed by atoms with E-state index in [9.17, 15) is 19.2 Å². The van der Waals surface area contributed by atoms with Crippen LogP contribution in [0.3, 0.4) is 0 Å². The van der Waals surface area contributed by atoms with Gasteiger partial charge in [0.1, 0.15) is 18.6 Å². The number of amides is 3. The Bertz CT molecular complexity index is 1100. The quantitative estimate of drug-likeness (QED) is 0.590. The fourth-order valence-electron chi connectivity index (χ4n) is 4.14. The molecule has 35 heavy (non-hydrogen) atoms. The van der Waals surface area contributed by atoms with E-state index < -0.39 is 24.0 Å². The van der Waals surface area contributed by atoms with E-state index in [1.54, 1.807) is 6.20 Å². The molecule has 3 rings (SSSR count). The fourth-order valence-corrected chi connectivity index (χ4v) is 4.14. The van der Waals surface area contributed by atoms with Gasteiger partial charge in [0, 0.05) is 19.5 Å². The molecule has 0 saturated carbocycles. The minimum absolute atomic E-state index is 0.175. The van der Waals surface area contributed by atoms with Crippen LogP contribution in [0.15, 0.2) is 66.9 Å². The molecule has 2 aromatic carbocycles. The van der Waals surface area contributed by atoms with Crippen LogP contribution in [0.4, 0.5) is 0 Å². The van der Waals surface area contributed by atoms with Crippen molar-refractivity contribution in [3.8, 4) is 0 Å². The maximum atomic E-state index is 13.6. The molecule has 8 nitrogen and oxygen atoms in total. The molecule has 0 fully saturated rings. The highest BCUT2D eigenvalue weighted by Gasteiger charge is 2.40. The molecule has 2 atom stereocenters. The monoisotopic (exact) mass is 477 g/mol. The topological polar surface area (TPSA) is 96.0 Å². The Balaban J connectivity index is 1.90. The van der Waals surface area contributed by atoms with E-state index in [-0.39, 0.29) is 30.7 Å². The molecule has 8 heteroatoms. The number of ether oxygens (including phenoxy) is 1. The van der Waals surface area contributed by atoms with Crippen LogP contribution in [-0.2, 0) is 30.3 Å². The predicted octanol–water partition coefficient (Wildman–Crippen LogP) is 2.60. The second kappa shape index (κ2) is 11.5. The summed E-state index contributed by atoms with van der Waals surface area (Å²) in [6.07, 6.45) is 1.88. The molecule has 1 heterocycles. The van der Waals surface area contributed by atoms with Gasteiger partial charge in [-0.05, 0) is 17.0 Å². The summed E-state index contributed by atoms with van der Waals surface area (Å²) in [4.78, 5) is 54.3. The number of hydrogen-bond acceptors (Lipinski definition) is 5. The van der Waals surface area contributed by atoms with Crippen molar-refractivity contribution in [2.75, 3.05) is 13.7 Å². The standard InChI is InChI=1S/C27H31N3O5/c1-18(2)25-26(33)30(23(16-29(25)19(3)31)21-13-9-6-10-14-21)17-24(32)28-22(27(34)35-4)15-20-11-7-5-8-12-20/h5-14,16,18,22,25H,15,17H2,1-4H3,(H,28,32)/t22-,25?/m0/s1. The van der Waals surface area contributed by atoms with Crippen LogP contribution in [0.1, 0.15) is 31.9 Å². The summed E-state index contributed by atoms with van der Waals surface area (Å²) in [5.41, 5.74) is 1.99. The van der Waals surface area contributed by atoms with Gasteiger partial charge in [-0.3, -0.25) is 19.3 Å². The molecule has 1 unspecified atom stereocenters. The molecular weight excluding hydrogens is 446 g/mol. The lowest BCUT2D eigenvalue weighted by Crippen LogP contribution is -2.56. The zero-order chi connectivity index (χ0) is 25.5. The van der Waals surface area contributed by atoms with Crippen LogP contribution in [0.2, 0.25) is 0 Å². The summed E-state index contributed by atoms with van der Waals surface area (Å²) in [6.45, 7) is 4.81. The minimum Gasteiger partial charge on any atom is -0.467 e. The van der Waals surface area contributed by atoms with Crippen molar-refractivity contribution in [2.45, 2.75) is 39.3 Å². The summed E-state index contributed by atoms with van der Waals surface area (Å²) >= 11 is 0. The van der Waals surface area contributed by atoms with Crippen LogP contribution in [0.25, 0.3) is 5.70 Å². The van der Waals surface area contributed by atoms with Crippen molar-refractivity contribution in [1.29, 1.82) is 0 Å². The van der Waals surface area contributed by atoms with Crippen LogP contribution in [0, 0.1) is 5.92 Å². The summed E-state index contributed by atoms with van der Waals surface area (Å²) < 4.78 is 4.89. The fraction of sp³-hybridized carbons (Fsp3) is 0.333. The zero-order valence-corrected chi connectivity index (χ0v) is 20.4. The Labute approximate surface area is 205 Å². The Morgan fingerprint density at radius 1 is 1.00 bits per heavy atom. The maximum Gasteiger partial charge on any atom is 0.328 e. The first-order valence-corrected chi connectivity index (χ1v) is 11.5. The highest BCUT2D eigenvalue weighted by Crippen LogP contribution is 2.29. The number of esters is 1. The molecule has 0 aromatic heterocycles. The number of nitrogens with zero attached hydrogens (tertiary/aromatic N) is 2. The molecule has 0 aliphatic carbocycles. The Morgan fingerprint density at radius 3 is 2.14 bits per heavy atom. The van der Waals surface area contributed by atoms with Crippen molar-refractivity contribution in [3.63, 3.8) is 0 Å².